The zero-order valence-electron chi connectivity index (χ0n) is 12.8. The summed E-state index contributed by atoms with van der Waals surface area (Å²) in [5.41, 5.74) is -0.291. The lowest BCUT2D eigenvalue weighted by atomic mass is 9.89. The van der Waals surface area contributed by atoms with Crippen molar-refractivity contribution in [1.82, 2.24) is 15.5 Å². The van der Waals surface area contributed by atoms with Gasteiger partial charge in [-0.3, -0.25) is 4.79 Å². The summed E-state index contributed by atoms with van der Waals surface area (Å²) in [7, 11) is 0. The Morgan fingerprint density at radius 2 is 1.95 bits per heavy atom. The Hall–Kier alpha value is -2.24. The summed E-state index contributed by atoms with van der Waals surface area (Å²) in [6, 6.07) is 9.22. The highest BCUT2D eigenvalue weighted by Crippen LogP contribution is 2.26. The molecule has 1 aromatic rings. The fourth-order valence-corrected chi connectivity index (χ4v) is 2.91. The van der Waals surface area contributed by atoms with Crippen LogP contribution in [-0.4, -0.2) is 48.1 Å². The quantitative estimate of drug-likeness (QED) is 0.871. The summed E-state index contributed by atoms with van der Waals surface area (Å²) in [4.78, 5) is 25.7. The molecule has 0 bridgehead atoms. The van der Waals surface area contributed by atoms with Crippen LogP contribution in [0.2, 0.25) is 0 Å². The second-order valence-electron chi connectivity index (χ2n) is 6.38. The Labute approximate surface area is 129 Å². The third kappa shape index (κ3) is 2.73. The molecule has 2 aliphatic rings. The van der Waals surface area contributed by atoms with E-state index in [0.29, 0.717) is 25.4 Å². The van der Waals surface area contributed by atoms with Crippen LogP contribution in [0.15, 0.2) is 30.3 Å². The molecule has 118 valence electrons. The highest BCUT2D eigenvalue weighted by Gasteiger charge is 2.51. The maximum Gasteiger partial charge on any atom is 0.315 e. The molecular weight excluding hydrogens is 282 g/mol. The standard InChI is InChI=1S/C16H21N3O3/c1-11(2)13(22-12-6-4-3-5-7-12)14(20)19-9-16(10-19)8-17-15(21)18-16/h3-7,11,13H,8-10H2,1-2H3,(H2,17,18,21)/t13-/m0/s1. The van der Waals surface area contributed by atoms with E-state index >= 15 is 0 Å². The second-order valence-corrected chi connectivity index (χ2v) is 6.38. The van der Waals surface area contributed by atoms with E-state index in [1.54, 1.807) is 4.90 Å². The monoisotopic (exact) mass is 303 g/mol. The number of hydrogen-bond donors (Lipinski definition) is 2. The molecule has 6 heteroatoms. The van der Waals surface area contributed by atoms with Crippen LogP contribution in [-0.2, 0) is 4.79 Å². The molecule has 2 aliphatic heterocycles. The lowest BCUT2D eigenvalue weighted by molar-refractivity contribution is -0.148. The van der Waals surface area contributed by atoms with E-state index in [1.165, 1.54) is 0 Å². The Kier molecular flexibility index (Phi) is 3.68. The van der Waals surface area contributed by atoms with Crippen LogP contribution < -0.4 is 15.4 Å². The van der Waals surface area contributed by atoms with E-state index in [1.807, 2.05) is 44.2 Å². The van der Waals surface area contributed by atoms with Gasteiger partial charge in [0, 0.05) is 19.6 Å². The number of urea groups is 1. The number of nitrogens with zero attached hydrogens (tertiary/aromatic N) is 1. The van der Waals surface area contributed by atoms with Crippen molar-refractivity contribution in [2.45, 2.75) is 25.5 Å². The predicted molar refractivity (Wildman–Crippen MR) is 81.5 cm³/mol. The fraction of sp³-hybridized carbons (Fsp3) is 0.500. The zero-order valence-corrected chi connectivity index (χ0v) is 12.8. The van der Waals surface area contributed by atoms with Crippen molar-refractivity contribution in [1.29, 1.82) is 0 Å². The Morgan fingerprint density at radius 1 is 1.27 bits per heavy atom. The molecule has 6 nitrogen and oxygen atoms in total. The summed E-state index contributed by atoms with van der Waals surface area (Å²) in [5, 5.41) is 5.63. The van der Waals surface area contributed by atoms with Gasteiger partial charge in [0.2, 0.25) is 0 Å². The number of ether oxygens (including phenoxy) is 1. The largest absolute Gasteiger partial charge is 0.480 e. The third-order valence-corrected chi connectivity index (χ3v) is 4.12. The van der Waals surface area contributed by atoms with Crippen LogP contribution in [0.5, 0.6) is 5.75 Å². The van der Waals surface area contributed by atoms with Gasteiger partial charge in [-0.1, -0.05) is 32.0 Å². The van der Waals surface area contributed by atoms with Gasteiger partial charge in [-0.05, 0) is 18.1 Å². The van der Waals surface area contributed by atoms with Crippen LogP contribution >= 0.6 is 0 Å². The summed E-state index contributed by atoms with van der Waals surface area (Å²) in [6.07, 6.45) is -0.509. The predicted octanol–water partition coefficient (Wildman–Crippen LogP) is 0.984. The molecule has 2 heterocycles. The number of rotatable bonds is 4. The zero-order chi connectivity index (χ0) is 15.7. The Bertz CT molecular complexity index is 567. The number of benzene rings is 1. The molecule has 1 atom stereocenters. The topological polar surface area (TPSA) is 70.7 Å². The van der Waals surface area contributed by atoms with Crippen molar-refractivity contribution >= 4 is 11.9 Å². The molecule has 22 heavy (non-hydrogen) atoms. The van der Waals surface area contributed by atoms with Gasteiger partial charge in [0.15, 0.2) is 6.10 Å². The first-order valence-electron chi connectivity index (χ1n) is 7.56. The molecule has 0 unspecified atom stereocenters. The SMILES string of the molecule is CC(C)[C@H](Oc1ccccc1)C(=O)N1CC2(CNC(=O)N2)C1. The molecule has 0 saturated carbocycles. The van der Waals surface area contributed by atoms with Gasteiger partial charge >= 0.3 is 6.03 Å². The summed E-state index contributed by atoms with van der Waals surface area (Å²) in [6.45, 7) is 5.58. The average Bonchev–Trinajstić information content (AvgIpc) is 2.86. The number of likely N-dealkylation sites (tertiary alicyclic amines) is 1. The van der Waals surface area contributed by atoms with Gasteiger partial charge in [-0.25, -0.2) is 4.79 Å². The fourth-order valence-electron chi connectivity index (χ4n) is 2.91. The molecule has 1 aromatic carbocycles. The molecule has 2 fully saturated rings. The minimum absolute atomic E-state index is 0.0226. The summed E-state index contributed by atoms with van der Waals surface area (Å²) < 4.78 is 5.87. The smallest absolute Gasteiger partial charge is 0.315 e. The molecule has 3 rings (SSSR count). The number of para-hydroxylation sites is 1. The highest BCUT2D eigenvalue weighted by molar-refractivity contribution is 5.84. The van der Waals surface area contributed by atoms with Crippen molar-refractivity contribution < 1.29 is 14.3 Å². The number of hydrogen-bond acceptors (Lipinski definition) is 3. The van der Waals surface area contributed by atoms with E-state index < -0.39 is 6.10 Å². The van der Waals surface area contributed by atoms with Crippen molar-refractivity contribution in [3.63, 3.8) is 0 Å². The first kappa shape index (κ1) is 14.7. The molecule has 0 radical (unpaired) electrons. The second kappa shape index (κ2) is 5.51. The summed E-state index contributed by atoms with van der Waals surface area (Å²) >= 11 is 0. The van der Waals surface area contributed by atoms with Crippen LogP contribution in [0.25, 0.3) is 0 Å². The number of nitrogens with one attached hydrogen (secondary N) is 2. The van der Waals surface area contributed by atoms with Crippen LogP contribution in [0.4, 0.5) is 4.79 Å². The molecule has 2 N–H and O–H groups in total. The molecular formula is C16H21N3O3. The lowest BCUT2D eigenvalue weighted by Gasteiger charge is -2.48. The van der Waals surface area contributed by atoms with Crippen LogP contribution in [0, 0.1) is 5.92 Å². The number of amides is 3. The van der Waals surface area contributed by atoms with Gasteiger partial charge < -0.3 is 20.3 Å². The number of carbonyl (C=O) groups is 2. The number of carbonyl (C=O) groups excluding carboxylic acids is 2. The lowest BCUT2D eigenvalue weighted by Crippen LogP contribution is -2.71. The van der Waals surface area contributed by atoms with Gasteiger partial charge in [0.05, 0.1) is 5.54 Å². The molecule has 0 aliphatic carbocycles. The molecule has 0 aromatic heterocycles. The van der Waals surface area contributed by atoms with E-state index in [0.717, 1.165) is 0 Å². The maximum atomic E-state index is 12.7. The van der Waals surface area contributed by atoms with Crippen LogP contribution in [0.3, 0.4) is 0 Å². The molecule has 2 saturated heterocycles. The normalized spacial score (nSPS) is 20.3. The minimum atomic E-state index is -0.509. The van der Waals surface area contributed by atoms with E-state index in [4.69, 9.17) is 4.74 Å². The van der Waals surface area contributed by atoms with E-state index in [9.17, 15) is 9.59 Å². The Balaban J connectivity index is 1.63. The van der Waals surface area contributed by atoms with Crippen molar-refractivity contribution in [2.24, 2.45) is 5.92 Å². The minimum Gasteiger partial charge on any atom is -0.480 e. The first-order valence-corrected chi connectivity index (χ1v) is 7.56. The first-order chi connectivity index (χ1) is 10.5. The van der Waals surface area contributed by atoms with Crippen LogP contribution in [0.1, 0.15) is 13.8 Å². The van der Waals surface area contributed by atoms with E-state index in [2.05, 4.69) is 10.6 Å². The third-order valence-electron chi connectivity index (χ3n) is 4.12. The van der Waals surface area contributed by atoms with Crippen molar-refractivity contribution in [2.75, 3.05) is 19.6 Å². The molecule has 3 amide bonds. The Morgan fingerprint density at radius 3 is 2.50 bits per heavy atom. The van der Waals surface area contributed by atoms with Gasteiger partial charge in [0.1, 0.15) is 5.75 Å². The van der Waals surface area contributed by atoms with E-state index in [-0.39, 0.29) is 23.4 Å². The van der Waals surface area contributed by atoms with Gasteiger partial charge in [0.25, 0.3) is 5.91 Å². The highest BCUT2D eigenvalue weighted by atomic mass is 16.5. The van der Waals surface area contributed by atoms with Gasteiger partial charge in [-0.15, -0.1) is 0 Å². The summed E-state index contributed by atoms with van der Waals surface area (Å²) in [5.74, 6) is 0.742. The molecule has 1 spiro atoms. The van der Waals surface area contributed by atoms with Crippen molar-refractivity contribution in [3.8, 4) is 5.75 Å². The average molecular weight is 303 g/mol. The van der Waals surface area contributed by atoms with Crippen molar-refractivity contribution in [3.05, 3.63) is 30.3 Å². The maximum absolute atomic E-state index is 12.7. The van der Waals surface area contributed by atoms with Gasteiger partial charge in [-0.2, -0.15) is 0 Å².